The third kappa shape index (κ3) is 8.27. The lowest BCUT2D eigenvalue weighted by molar-refractivity contribution is 1.06. The van der Waals surface area contributed by atoms with Crippen molar-refractivity contribution in [3.05, 3.63) is 279 Å². The zero-order valence-electron chi connectivity index (χ0n) is 43.1. The van der Waals surface area contributed by atoms with Crippen molar-refractivity contribution < 1.29 is 0 Å². The Morgan fingerprint density at radius 3 is 0.950 bits per heavy atom. The predicted octanol–water partition coefficient (Wildman–Crippen LogP) is 17.6. The molecule has 0 aliphatic carbocycles. The molecule has 8 heteroatoms. The molecule has 15 rings (SSSR count). The maximum atomic E-state index is 5.34. The van der Waals surface area contributed by atoms with Crippen molar-refractivity contribution in [2.45, 2.75) is 0 Å². The fourth-order valence-electron chi connectivity index (χ4n) is 11.3. The highest BCUT2D eigenvalue weighted by Crippen LogP contribution is 2.41. The van der Waals surface area contributed by atoms with Crippen molar-refractivity contribution in [2.24, 2.45) is 0 Å². The second kappa shape index (κ2) is 19.6. The molecule has 0 saturated heterocycles. The van der Waals surface area contributed by atoms with Gasteiger partial charge in [-0.25, -0.2) is 29.9 Å². The minimum atomic E-state index is 0.568. The zero-order valence-corrected chi connectivity index (χ0v) is 43.1. The van der Waals surface area contributed by atoms with E-state index in [-0.39, 0.29) is 0 Å². The lowest BCUT2D eigenvalue weighted by atomic mass is 9.95. The first-order chi connectivity index (χ1) is 39.6. The van der Waals surface area contributed by atoms with Crippen LogP contribution >= 0.6 is 0 Å². The molecule has 8 nitrogen and oxygen atoms in total. The topological polar surface area (TPSA) is 87.2 Å². The fourth-order valence-corrected chi connectivity index (χ4v) is 11.3. The summed E-state index contributed by atoms with van der Waals surface area (Å²) >= 11 is 0. The van der Waals surface area contributed by atoms with E-state index < -0.39 is 0 Å². The van der Waals surface area contributed by atoms with Crippen LogP contribution in [0.4, 0.5) is 0 Å². The molecular formula is C72H46N8. The van der Waals surface area contributed by atoms with E-state index in [1.165, 1.54) is 21.5 Å². The quantitative estimate of drug-likeness (QED) is 0.136. The number of nitrogens with zero attached hydrogens (tertiary/aromatic N) is 8. The van der Waals surface area contributed by atoms with Crippen molar-refractivity contribution in [3.63, 3.8) is 0 Å². The van der Waals surface area contributed by atoms with Crippen LogP contribution in [-0.2, 0) is 0 Å². The van der Waals surface area contributed by atoms with Crippen LogP contribution in [0, 0.1) is 0 Å². The highest BCUT2D eigenvalue weighted by atomic mass is 15.1. The van der Waals surface area contributed by atoms with Crippen LogP contribution in [0.1, 0.15) is 0 Å². The number of para-hydroxylation sites is 4. The van der Waals surface area contributed by atoms with Crippen LogP contribution in [0.5, 0.6) is 0 Å². The minimum Gasteiger partial charge on any atom is -0.309 e. The van der Waals surface area contributed by atoms with Crippen LogP contribution in [-0.4, -0.2) is 39.0 Å². The van der Waals surface area contributed by atoms with E-state index >= 15 is 0 Å². The lowest BCUT2D eigenvalue weighted by Crippen LogP contribution is -2.04. The van der Waals surface area contributed by atoms with Crippen LogP contribution in [0.3, 0.4) is 0 Å². The minimum absolute atomic E-state index is 0.568. The molecule has 0 aliphatic heterocycles. The third-order valence-electron chi connectivity index (χ3n) is 15.0. The molecule has 4 aromatic heterocycles. The summed E-state index contributed by atoms with van der Waals surface area (Å²) in [6.45, 7) is 0. The smallest absolute Gasteiger partial charge is 0.166 e. The van der Waals surface area contributed by atoms with E-state index in [9.17, 15) is 0 Å². The van der Waals surface area contributed by atoms with Gasteiger partial charge in [-0.2, -0.15) is 0 Å². The molecule has 0 atom stereocenters. The standard InChI is InChI=1S/C72H46N8/c1-5-22-47(23-6-1)67-73-68(48-24-7-2-8-25-48)76-71(75-67)55-43-54(44-56(45-55)79-62-36-17-13-32-57(62)58-33-14-18-37-63(58)79)52-31-21-30-51(42-52)53-40-41-66(80-64-38-19-15-34-59(64)60-35-16-20-39-65(60)80)61(46-53)72-77-69(49-26-9-3-10-27-49)74-70(78-72)50-28-11-4-12-29-50/h1-46H. The second-order valence-electron chi connectivity index (χ2n) is 19.9. The van der Waals surface area contributed by atoms with Gasteiger partial charge >= 0.3 is 0 Å². The molecule has 374 valence electrons. The van der Waals surface area contributed by atoms with Crippen molar-refractivity contribution in [3.8, 4) is 102 Å². The summed E-state index contributed by atoms with van der Waals surface area (Å²) in [5.41, 5.74) is 15.8. The molecule has 15 aromatic rings. The Morgan fingerprint density at radius 2 is 0.512 bits per heavy atom. The van der Waals surface area contributed by atoms with Gasteiger partial charge in [0.05, 0.1) is 27.8 Å². The van der Waals surface area contributed by atoms with Crippen LogP contribution in [0.15, 0.2) is 279 Å². The van der Waals surface area contributed by atoms with E-state index in [2.05, 4.69) is 191 Å². The van der Waals surface area contributed by atoms with Crippen molar-refractivity contribution in [1.29, 1.82) is 0 Å². The van der Waals surface area contributed by atoms with Gasteiger partial charge in [0.25, 0.3) is 0 Å². The Morgan fingerprint density at radius 1 is 0.200 bits per heavy atom. The number of rotatable bonds is 10. The molecule has 0 spiro atoms. The molecule has 0 bridgehead atoms. The Kier molecular flexibility index (Phi) is 11.3. The normalized spacial score (nSPS) is 11.5. The summed E-state index contributed by atoms with van der Waals surface area (Å²) in [6.07, 6.45) is 0. The molecule has 0 unspecified atom stereocenters. The SMILES string of the molecule is c1ccc(-c2nc(-c3ccccc3)nc(-c3cc(-c4cccc(-c5ccc(-n6c7ccccc7c7ccccc76)c(-c6nc(-c7ccccc7)nc(-c7ccccc7)n6)c5)c4)cc(-n4c5ccccc5c5ccccc54)c3)n2)cc1. The van der Waals surface area contributed by atoms with Gasteiger partial charge < -0.3 is 9.13 Å². The van der Waals surface area contributed by atoms with E-state index in [1.807, 2.05) is 97.1 Å². The molecular weight excluding hydrogens is 977 g/mol. The predicted molar refractivity (Wildman–Crippen MR) is 325 cm³/mol. The van der Waals surface area contributed by atoms with E-state index in [0.717, 1.165) is 89.1 Å². The number of fused-ring (bicyclic) bond motifs is 6. The Hall–Kier alpha value is -11.0. The monoisotopic (exact) mass is 1020 g/mol. The van der Waals surface area contributed by atoms with Gasteiger partial charge in [-0.05, 0) is 82.9 Å². The zero-order chi connectivity index (χ0) is 52.9. The summed E-state index contributed by atoms with van der Waals surface area (Å²) in [5.74, 6) is 3.54. The molecule has 11 aromatic carbocycles. The van der Waals surface area contributed by atoms with Gasteiger partial charge in [0.2, 0.25) is 0 Å². The summed E-state index contributed by atoms with van der Waals surface area (Å²) in [6, 6.07) is 97.3. The number of hydrogen-bond acceptors (Lipinski definition) is 6. The number of benzene rings is 11. The maximum absolute atomic E-state index is 5.34. The molecule has 0 N–H and O–H groups in total. The van der Waals surface area contributed by atoms with Crippen molar-refractivity contribution in [1.82, 2.24) is 39.0 Å². The Balaban J connectivity index is 0.950. The average molecular weight is 1020 g/mol. The largest absolute Gasteiger partial charge is 0.309 e. The highest BCUT2D eigenvalue weighted by molar-refractivity contribution is 6.11. The van der Waals surface area contributed by atoms with Crippen LogP contribution < -0.4 is 0 Å². The molecule has 0 radical (unpaired) electrons. The third-order valence-corrected chi connectivity index (χ3v) is 15.0. The molecule has 4 heterocycles. The Bertz CT molecular complexity index is 4600. The van der Waals surface area contributed by atoms with Crippen molar-refractivity contribution >= 4 is 43.6 Å². The first-order valence-electron chi connectivity index (χ1n) is 26.8. The number of aromatic nitrogens is 8. The Labute approximate surface area is 461 Å². The van der Waals surface area contributed by atoms with Crippen LogP contribution in [0.25, 0.3) is 146 Å². The van der Waals surface area contributed by atoms with E-state index in [0.29, 0.717) is 34.9 Å². The summed E-state index contributed by atoms with van der Waals surface area (Å²) < 4.78 is 4.71. The van der Waals surface area contributed by atoms with Gasteiger partial charge in [0.1, 0.15) is 0 Å². The lowest BCUT2D eigenvalue weighted by Gasteiger charge is -2.17. The second-order valence-corrected chi connectivity index (χ2v) is 19.9. The van der Waals surface area contributed by atoms with Gasteiger partial charge in [0.15, 0.2) is 34.9 Å². The van der Waals surface area contributed by atoms with E-state index in [1.54, 1.807) is 0 Å². The van der Waals surface area contributed by atoms with Crippen molar-refractivity contribution in [2.75, 3.05) is 0 Å². The number of hydrogen-bond donors (Lipinski definition) is 0. The summed E-state index contributed by atoms with van der Waals surface area (Å²) in [7, 11) is 0. The molecule has 80 heavy (non-hydrogen) atoms. The fraction of sp³-hybridized carbons (Fsp3) is 0. The van der Waals surface area contributed by atoms with Gasteiger partial charge in [0, 0.05) is 60.6 Å². The first-order valence-corrected chi connectivity index (χ1v) is 26.8. The highest BCUT2D eigenvalue weighted by Gasteiger charge is 2.22. The molecule has 0 fully saturated rings. The first kappa shape index (κ1) is 46.4. The maximum Gasteiger partial charge on any atom is 0.166 e. The summed E-state index contributed by atoms with van der Waals surface area (Å²) in [4.78, 5) is 31.4. The molecule has 0 aliphatic rings. The van der Waals surface area contributed by atoms with E-state index in [4.69, 9.17) is 29.9 Å². The van der Waals surface area contributed by atoms with Gasteiger partial charge in [-0.1, -0.05) is 218 Å². The average Bonchev–Trinajstić information content (AvgIpc) is 4.16. The van der Waals surface area contributed by atoms with Gasteiger partial charge in [-0.3, -0.25) is 0 Å². The molecule has 0 amide bonds. The van der Waals surface area contributed by atoms with Crippen LogP contribution in [0.2, 0.25) is 0 Å². The summed E-state index contributed by atoms with van der Waals surface area (Å²) in [5, 5.41) is 4.70. The van der Waals surface area contributed by atoms with Gasteiger partial charge in [-0.15, -0.1) is 0 Å². The molecule has 0 saturated carbocycles.